The molecule has 10 nitrogen and oxygen atoms in total. The van der Waals surface area contributed by atoms with E-state index in [4.69, 9.17) is 4.74 Å². The van der Waals surface area contributed by atoms with Gasteiger partial charge in [0.15, 0.2) is 23.2 Å². The second kappa shape index (κ2) is 7.89. The van der Waals surface area contributed by atoms with Gasteiger partial charge in [0.25, 0.3) is 0 Å². The first-order valence-corrected chi connectivity index (χ1v) is 10.2. The number of nitrogens with one attached hydrogen (secondary N) is 2. The van der Waals surface area contributed by atoms with Crippen molar-refractivity contribution in [3.05, 3.63) is 48.2 Å². The lowest BCUT2D eigenvalue weighted by Crippen LogP contribution is -2.33. The highest BCUT2D eigenvalue weighted by molar-refractivity contribution is 5.84. The quantitative estimate of drug-likeness (QED) is 0.307. The van der Waals surface area contributed by atoms with Crippen LogP contribution >= 0.6 is 0 Å². The van der Waals surface area contributed by atoms with Crippen molar-refractivity contribution in [2.24, 2.45) is 0 Å². The molecule has 0 radical (unpaired) electrons. The molecule has 0 unspecified atom stereocenters. The normalized spacial score (nSPS) is 23.7. The number of fused-ring (bicyclic) bond motifs is 2. The third kappa shape index (κ3) is 3.43. The third-order valence-electron chi connectivity index (χ3n) is 5.76. The highest BCUT2D eigenvalue weighted by atomic mass is 16.6. The molecule has 1 aliphatic heterocycles. The Hall–Kier alpha value is -3.05. The van der Waals surface area contributed by atoms with Gasteiger partial charge in [-0.1, -0.05) is 11.6 Å². The minimum absolute atomic E-state index is 0.392. The number of rotatable bonds is 6. The molecule has 1 aromatic carbocycles. The lowest BCUT2D eigenvalue weighted by molar-refractivity contribution is -0.0511. The number of ether oxygens (including phenoxy) is 1. The van der Waals surface area contributed by atoms with Gasteiger partial charge in [0.2, 0.25) is 0 Å². The summed E-state index contributed by atoms with van der Waals surface area (Å²) in [6, 6.07) is 6.34. The fourth-order valence-electron chi connectivity index (χ4n) is 4.09. The highest BCUT2D eigenvalue weighted by Crippen LogP contribution is 2.32. The SMILES string of the molecule is Cc1ccc2[nH]cc(CCNc3ncnc4c3ncn4[C@@H]3O[C@H](CO)[C@@H](O)[C@H]3O)c2c1. The lowest BCUT2D eigenvalue weighted by atomic mass is 10.1. The van der Waals surface area contributed by atoms with Crippen molar-refractivity contribution < 1.29 is 20.1 Å². The van der Waals surface area contributed by atoms with E-state index in [0.717, 1.165) is 11.9 Å². The number of aryl methyl sites for hydroxylation is 1. The van der Waals surface area contributed by atoms with Gasteiger partial charge < -0.3 is 30.4 Å². The van der Waals surface area contributed by atoms with Crippen LogP contribution in [0.1, 0.15) is 17.4 Å². The summed E-state index contributed by atoms with van der Waals surface area (Å²) >= 11 is 0. The monoisotopic (exact) mass is 424 g/mol. The Kier molecular flexibility index (Phi) is 5.06. The van der Waals surface area contributed by atoms with Crippen LogP contribution in [0.15, 0.2) is 37.1 Å². The first kappa shape index (κ1) is 19.9. The summed E-state index contributed by atoms with van der Waals surface area (Å²) in [6.45, 7) is 2.33. The molecule has 0 spiro atoms. The van der Waals surface area contributed by atoms with Gasteiger partial charge >= 0.3 is 0 Å². The van der Waals surface area contributed by atoms with E-state index in [2.05, 4.69) is 50.4 Å². The molecule has 162 valence electrons. The number of aromatic amines is 1. The van der Waals surface area contributed by atoms with Gasteiger partial charge in [-0.2, -0.15) is 0 Å². The minimum atomic E-state index is -1.20. The van der Waals surface area contributed by atoms with E-state index in [-0.39, 0.29) is 0 Å². The van der Waals surface area contributed by atoms with E-state index in [1.165, 1.54) is 29.2 Å². The van der Waals surface area contributed by atoms with Crippen LogP contribution in [-0.4, -0.2) is 71.3 Å². The van der Waals surface area contributed by atoms with E-state index in [0.29, 0.717) is 23.5 Å². The molecule has 1 fully saturated rings. The maximum atomic E-state index is 10.3. The molecule has 4 atom stereocenters. The van der Waals surface area contributed by atoms with Crippen molar-refractivity contribution in [2.75, 3.05) is 18.5 Å². The van der Waals surface area contributed by atoms with Gasteiger partial charge in [0.05, 0.1) is 12.9 Å². The summed E-state index contributed by atoms with van der Waals surface area (Å²) in [4.78, 5) is 16.3. The van der Waals surface area contributed by atoms with Crippen molar-refractivity contribution in [1.82, 2.24) is 24.5 Å². The maximum absolute atomic E-state index is 10.3. The van der Waals surface area contributed by atoms with Gasteiger partial charge in [-0.3, -0.25) is 4.57 Å². The maximum Gasteiger partial charge on any atom is 0.167 e. The Balaban J connectivity index is 1.35. The molecule has 4 aromatic rings. The predicted octanol–water partition coefficient (Wildman–Crippen LogP) is 0.882. The molecule has 0 aliphatic carbocycles. The van der Waals surface area contributed by atoms with Crippen molar-refractivity contribution in [1.29, 1.82) is 0 Å². The van der Waals surface area contributed by atoms with E-state index in [1.807, 2.05) is 6.20 Å². The van der Waals surface area contributed by atoms with Crippen LogP contribution in [0.3, 0.4) is 0 Å². The van der Waals surface area contributed by atoms with Crippen LogP contribution in [0.5, 0.6) is 0 Å². The zero-order valence-electron chi connectivity index (χ0n) is 16.9. The Morgan fingerprint density at radius 3 is 2.87 bits per heavy atom. The second-order valence-corrected chi connectivity index (χ2v) is 7.81. The number of imidazole rings is 1. The summed E-state index contributed by atoms with van der Waals surface area (Å²) in [5, 5.41) is 34.2. The Morgan fingerprint density at radius 2 is 2.06 bits per heavy atom. The summed E-state index contributed by atoms with van der Waals surface area (Å²) in [6.07, 6.45) is 1.58. The van der Waals surface area contributed by atoms with Gasteiger partial charge in [-0.05, 0) is 31.0 Å². The molecular formula is C21H24N6O4. The number of hydrogen-bond acceptors (Lipinski definition) is 8. The first-order valence-electron chi connectivity index (χ1n) is 10.2. The molecule has 0 saturated carbocycles. The smallest absolute Gasteiger partial charge is 0.167 e. The standard InChI is InChI=1S/C21H24N6O4/c1-11-2-3-14-13(6-11)12(7-23-14)4-5-22-19-16-20(25-9-24-19)27(10-26-16)21-18(30)17(29)15(8-28)31-21/h2-3,6-7,9-10,15,17-18,21,23,28-30H,4-5,8H2,1H3,(H,22,24,25)/t15-,17-,18-,21-/m1/s1. The van der Waals surface area contributed by atoms with Crippen molar-refractivity contribution in [3.8, 4) is 0 Å². The molecule has 31 heavy (non-hydrogen) atoms. The highest BCUT2D eigenvalue weighted by Gasteiger charge is 2.44. The lowest BCUT2D eigenvalue weighted by Gasteiger charge is -2.16. The molecule has 0 bridgehead atoms. The Labute approximate surface area is 177 Å². The number of aliphatic hydroxyl groups excluding tert-OH is 3. The van der Waals surface area contributed by atoms with E-state index >= 15 is 0 Å². The molecule has 3 aromatic heterocycles. The summed E-state index contributed by atoms with van der Waals surface area (Å²) < 4.78 is 7.15. The van der Waals surface area contributed by atoms with Gasteiger partial charge in [0, 0.05) is 23.6 Å². The van der Waals surface area contributed by atoms with E-state index in [9.17, 15) is 15.3 Å². The molecule has 0 amide bonds. The van der Waals surface area contributed by atoms with Crippen LogP contribution in [0.25, 0.3) is 22.1 Å². The van der Waals surface area contributed by atoms with E-state index in [1.54, 1.807) is 4.57 Å². The second-order valence-electron chi connectivity index (χ2n) is 7.81. The molecular weight excluding hydrogens is 400 g/mol. The van der Waals surface area contributed by atoms with Crippen LogP contribution in [-0.2, 0) is 11.2 Å². The minimum Gasteiger partial charge on any atom is -0.394 e. The average molecular weight is 424 g/mol. The molecule has 4 heterocycles. The number of anilines is 1. The Bertz CT molecular complexity index is 1220. The third-order valence-corrected chi connectivity index (χ3v) is 5.76. The van der Waals surface area contributed by atoms with Crippen molar-refractivity contribution in [2.45, 2.75) is 37.9 Å². The molecule has 5 rings (SSSR count). The molecule has 1 aliphatic rings. The molecule has 5 N–H and O–H groups in total. The topological polar surface area (TPSA) is 141 Å². The number of benzene rings is 1. The van der Waals surface area contributed by atoms with Gasteiger partial charge in [-0.25, -0.2) is 15.0 Å². The number of aromatic nitrogens is 5. The zero-order chi connectivity index (χ0) is 21.5. The predicted molar refractivity (Wildman–Crippen MR) is 114 cm³/mol. The summed E-state index contributed by atoms with van der Waals surface area (Å²) in [5.41, 5.74) is 4.55. The van der Waals surface area contributed by atoms with Crippen molar-refractivity contribution >= 4 is 27.9 Å². The van der Waals surface area contributed by atoms with Gasteiger partial charge in [0.1, 0.15) is 24.6 Å². The number of H-pyrrole nitrogens is 1. The Morgan fingerprint density at radius 1 is 1.19 bits per heavy atom. The largest absolute Gasteiger partial charge is 0.394 e. The fraction of sp³-hybridized carbons (Fsp3) is 0.381. The summed E-state index contributed by atoms with van der Waals surface area (Å²) in [7, 11) is 0. The van der Waals surface area contributed by atoms with Gasteiger partial charge in [-0.15, -0.1) is 0 Å². The first-order chi connectivity index (χ1) is 15.1. The van der Waals surface area contributed by atoms with Crippen LogP contribution in [0.4, 0.5) is 5.82 Å². The van der Waals surface area contributed by atoms with Crippen molar-refractivity contribution in [3.63, 3.8) is 0 Å². The van der Waals surface area contributed by atoms with Crippen LogP contribution in [0.2, 0.25) is 0 Å². The number of nitrogens with zero attached hydrogens (tertiary/aromatic N) is 4. The summed E-state index contributed by atoms with van der Waals surface area (Å²) in [5.74, 6) is 0.575. The van der Waals surface area contributed by atoms with Crippen LogP contribution in [0, 0.1) is 6.92 Å². The van der Waals surface area contributed by atoms with E-state index < -0.39 is 31.1 Å². The fourth-order valence-corrected chi connectivity index (χ4v) is 4.09. The number of hydrogen-bond donors (Lipinski definition) is 5. The molecule has 1 saturated heterocycles. The van der Waals surface area contributed by atoms with Crippen LogP contribution < -0.4 is 5.32 Å². The molecule has 10 heteroatoms. The number of aliphatic hydroxyl groups is 3. The zero-order valence-corrected chi connectivity index (χ0v) is 16.9. The average Bonchev–Trinajstić information content (AvgIpc) is 3.45.